The molecule has 0 aromatic rings. The summed E-state index contributed by atoms with van der Waals surface area (Å²) in [6.45, 7) is 9.48. The Morgan fingerprint density at radius 1 is 1.27 bits per heavy atom. The van der Waals surface area contributed by atoms with Crippen molar-refractivity contribution in [3.8, 4) is 0 Å². The predicted octanol–water partition coefficient (Wildman–Crippen LogP) is 1.48. The van der Waals surface area contributed by atoms with Crippen molar-refractivity contribution in [1.82, 2.24) is 5.01 Å². The zero-order valence-electron chi connectivity index (χ0n) is 8.52. The van der Waals surface area contributed by atoms with Gasteiger partial charge in [0.25, 0.3) is 0 Å². The average Bonchev–Trinajstić information content (AvgIpc) is 2.12. The second kappa shape index (κ2) is 2.46. The van der Waals surface area contributed by atoms with Gasteiger partial charge in [-0.3, -0.25) is 0 Å². The first-order chi connectivity index (χ1) is 4.88. The van der Waals surface area contributed by atoms with Gasteiger partial charge in [0.1, 0.15) is 5.54 Å². The molecule has 0 saturated carbocycles. The van der Waals surface area contributed by atoms with Crippen LogP contribution in [-0.4, -0.2) is 42.3 Å². The van der Waals surface area contributed by atoms with Gasteiger partial charge in [-0.25, -0.2) is 4.59 Å². The predicted molar refractivity (Wildman–Crippen MR) is 48.1 cm³/mol. The topological polar surface area (TPSA) is 3.24 Å². The molecule has 1 unspecified atom stereocenters. The van der Waals surface area contributed by atoms with Crippen LogP contribution in [0.25, 0.3) is 0 Å². The van der Waals surface area contributed by atoms with E-state index in [4.69, 9.17) is 0 Å². The summed E-state index contributed by atoms with van der Waals surface area (Å²) in [6, 6.07) is 0. The molecule has 1 heterocycles. The molecule has 0 aliphatic carbocycles. The number of hydrogen-bond acceptors (Lipinski definition) is 1. The summed E-state index contributed by atoms with van der Waals surface area (Å²) >= 11 is 0. The van der Waals surface area contributed by atoms with Gasteiger partial charge in [0.05, 0.1) is 20.1 Å². The lowest BCUT2D eigenvalue weighted by molar-refractivity contribution is -1.04. The van der Waals surface area contributed by atoms with Crippen LogP contribution < -0.4 is 0 Å². The van der Waals surface area contributed by atoms with E-state index in [2.05, 4.69) is 39.9 Å². The maximum absolute atomic E-state index is 2.44. The largest absolute Gasteiger partial charge is 0.242 e. The Balaban J connectivity index is 2.81. The summed E-state index contributed by atoms with van der Waals surface area (Å²) in [5, 5.41) is 2.44. The van der Waals surface area contributed by atoms with Crippen molar-refractivity contribution < 1.29 is 4.59 Å². The van der Waals surface area contributed by atoms with E-state index < -0.39 is 0 Å². The van der Waals surface area contributed by atoms with Crippen molar-refractivity contribution in [2.24, 2.45) is 0 Å². The highest BCUT2D eigenvalue weighted by Crippen LogP contribution is 2.28. The van der Waals surface area contributed by atoms with Gasteiger partial charge in [0.15, 0.2) is 0 Å². The van der Waals surface area contributed by atoms with Crippen LogP contribution in [0.1, 0.15) is 27.2 Å². The summed E-state index contributed by atoms with van der Waals surface area (Å²) in [5.74, 6) is 0. The number of nitrogens with zero attached hydrogens (tertiary/aromatic N) is 2. The van der Waals surface area contributed by atoms with Crippen molar-refractivity contribution in [2.75, 3.05) is 27.2 Å². The molecular formula is C9H21N2+. The molecule has 0 spiro atoms. The Morgan fingerprint density at radius 2 is 1.82 bits per heavy atom. The Morgan fingerprint density at radius 3 is 2.00 bits per heavy atom. The molecular weight excluding hydrogens is 136 g/mol. The third-order valence-corrected chi connectivity index (χ3v) is 3.27. The molecule has 0 N–H and O–H groups in total. The van der Waals surface area contributed by atoms with Crippen molar-refractivity contribution >= 4 is 0 Å². The molecule has 1 rings (SSSR count). The van der Waals surface area contributed by atoms with E-state index in [9.17, 15) is 0 Å². The molecule has 11 heavy (non-hydrogen) atoms. The average molecular weight is 157 g/mol. The fourth-order valence-corrected chi connectivity index (χ4v) is 1.85. The van der Waals surface area contributed by atoms with E-state index >= 15 is 0 Å². The molecule has 66 valence electrons. The lowest BCUT2D eigenvalue weighted by Crippen LogP contribution is -2.61. The van der Waals surface area contributed by atoms with Crippen LogP contribution in [-0.2, 0) is 0 Å². The summed E-state index contributed by atoms with van der Waals surface area (Å²) in [4.78, 5) is 0. The first-order valence-corrected chi connectivity index (χ1v) is 4.45. The molecule has 0 bridgehead atoms. The van der Waals surface area contributed by atoms with E-state index in [1.54, 1.807) is 0 Å². The first-order valence-electron chi connectivity index (χ1n) is 4.45. The van der Waals surface area contributed by atoms with Crippen LogP contribution in [0.15, 0.2) is 0 Å². The number of hydrogen-bond donors (Lipinski definition) is 0. The Labute approximate surface area is 70.4 Å². The number of quaternary nitrogens is 1. The van der Waals surface area contributed by atoms with Crippen LogP contribution in [0.3, 0.4) is 0 Å². The summed E-state index contributed by atoms with van der Waals surface area (Å²) in [5.41, 5.74) is 0.352. The van der Waals surface area contributed by atoms with E-state index in [1.165, 1.54) is 19.5 Å². The molecule has 0 aromatic heterocycles. The minimum atomic E-state index is 0.352. The SMILES string of the molecule is CN1CCC[N+]1(C)C(C)(C)C. The first kappa shape index (κ1) is 9.01. The lowest BCUT2D eigenvalue weighted by Gasteiger charge is -2.45. The molecule has 1 aliphatic rings. The minimum Gasteiger partial charge on any atom is -0.242 e. The smallest absolute Gasteiger partial charge is 0.108 e. The normalized spacial score (nSPS) is 34.6. The summed E-state index contributed by atoms with van der Waals surface area (Å²) in [6.07, 6.45) is 1.34. The van der Waals surface area contributed by atoms with Gasteiger partial charge in [-0.1, -0.05) is 0 Å². The second-order valence-corrected chi connectivity index (χ2v) is 4.77. The van der Waals surface area contributed by atoms with Gasteiger partial charge >= 0.3 is 0 Å². The molecule has 0 radical (unpaired) electrons. The molecule has 0 aromatic carbocycles. The highest BCUT2D eigenvalue weighted by molar-refractivity contribution is 4.65. The fraction of sp³-hybridized carbons (Fsp3) is 1.00. The van der Waals surface area contributed by atoms with Crippen LogP contribution in [0, 0.1) is 0 Å². The van der Waals surface area contributed by atoms with Crippen molar-refractivity contribution in [2.45, 2.75) is 32.7 Å². The third-order valence-electron chi connectivity index (χ3n) is 3.27. The minimum absolute atomic E-state index is 0.352. The fourth-order valence-electron chi connectivity index (χ4n) is 1.85. The molecule has 1 saturated heterocycles. The van der Waals surface area contributed by atoms with E-state index in [0.717, 1.165) is 4.59 Å². The molecule has 1 atom stereocenters. The van der Waals surface area contributed by atoms with E-state index in [-0.39, 0.29) is 0 Å². The Bertz CT molecular complexity index is 148. The van der Waals surface area contributed by atoms with Gasteiger partial charge in [-0.15, -0.1) is 0 Å². The zero-order valence-corrected chi connectivity index (χ0v) is 8.52. The number of rotatable bonds is 0. The van der Waals surface area contributed by atoms with Gasteiger partial charge in [-0.2, -0.15) is 5.01 Å². The summed E-state index contributed by atoms with van der Waals surface area (Å²) < 4.78 is 1.09. The van der Waals surface area contributed by atoms with Crippen LogP contribution in [0.2, 0.25) is 0 Å². The molecule has 0 amide bonds. The van der Waals surface area contributed by atoms with E-state index in [1.807, 2.05) is 0 Å². The highest BCUT2D eigenvalue weighted by atomic mass is 15.8. The van der Waals surface area contributed by atoms with Crippen molar-refractivity contribution in [1.29, 1.82) is 0 Å². The highest BCUT2D eigenvalue weighted by Gasteiger charge is 2.43. The Hall–Kier alpha value is -0.0800. The molecule has 1 fully saturated rings. The lowest BCUT2D eigenvalue weighted by atomic mass is 10.1. The quantitative estimate of drug-likeness (QED) is 0.481. The van der Waals surface area contributed by atoms with Gasteiger partial charge in [0, 0.05) is 13.5 Å². The van der Waals surface area contributed by atoms with Crippen molar-refractivity contribution in [3.63, 3.8) is 0 Å². The maximum atomic E-state index is 2.44. The maximum Gasteiger partial charge on any atom is 0.108 e. The zero-order chi connectivity index (χ0) is 8.70. The second-order valence-electron chi connectivity index (χ2n) is 4.77. The van der Waals surface area contributed by atoms with Crippen LogP contribution in [0.5, 0.6) is 0 Å². The Kier molecular flexibility index (Phi) is 2.01. The van der Waals surface area contributed by atoms with Crippen LogP contribution >= 0.6 is 0 Å². The van der Waals surface area contributed by atoms with Gasteiger partial charge in [0.2, 0.25) is 0 Å². The molecule has 1 aliphatic heterocycles. The van der Waals surface area contributed by atoms with Gasteiger partial charge in [-0.05, 0) is 20.8 Å². The molecule has 2 heteroatoms. The third kappa shape index (κ3) is 1.30. The van der Waals surface area contributed by atoms with Gasteiger partial charge < -0.3 is 0 Å². The summed E-state index contributed by atoms with van der Waals surface area (Å²) in [7, 11) is 4.55. The van der Waals surface area contributed by atoms with E-state index in [0.29, 0.717) is 5.54 Å². The molecule has 2 nitrogen and oxygen atoms in total. The monoisotopic (exact) mass is 157 g/mol. The van der Waals surface area contributed by atoms with Crippen LogP contribution in [0.4, 0.5) is 0 Å². The standard InChI is InChI=1S/C9H21N2/c1-9(2,3)11(5)8-6-7-10(11)4/h6-8H2,1-5H3/q+1. The van der Waals surface area contributed by atoms with Crippen molar-refractivity contribution in [3.05, 3.63) is 0 Å².